The van der Waals surface area contributed by atoms with E-state index >= 15 is 0 Å². The molecule has 0 radical (unpaired) electrons. The van der Waals surface area contributed by atoms with Crippen molar-refractivity contribution in [1.82, 2.24) is 4.90 Å². The van der Waals surface area contributed by atoms with E-state index in [2.05, 4.69) is 4.90 Å². The van der Waals surface area contributed by atoms with E-state index in [1.165, 1.54) is 7.11 Å². The van der Waals surface area contributed by atoms with Crippen molar-refractivity contribution in [1.29, 1.82) is 0 Å². The van der Waals surface area contributed by atoms with Gasteiger partial charge in [-0.15, -0.1) is 0 Å². The molecule has 1 rings (SSSR count). The summed E-state index contributed by atoms with van der Waals surface area (Å²) in [5.41, 5.74) is 7.29. The SMILES string of the molecule is COc1ccc(CCN(C)C)cc1C(CN)C(=O)O. The molecule has 0 amide bonds. The molecule has 5 nitrogen and oxygen atoms in total. The fraction of sp³-hybridized carbons (Fsp3) is 0.500. The second-order valence-electron chi connectivity index (χ2n) is 4.76. The Kier molecular flexibility index (Phi) is 5.79. The van der Waals surface area contributed by atoms with E-state index in [-0.39, 0.29) is 6.54 Å². The largest absolute Gasteiger partial charge is 0.496 e. The molecular formula is C14H22N2O3. The maximum absolute atomic E-state index is 11.2. The number of nitrogens with zero attached hydrogens (tertiary/aromatic N) is 1. The lowest BCUT2D eigenvalue weighted by molar-refractivity contribution is -0.138. The van der Waals surface area contributed by atoms with Crippen molar-refractivity contribution in [3.8, 4) is 5.75 Å². The Labute approximate surface area is 114 Å². The first-order valence-corrected chi connectivity index (χ1v) is 6.24. The molecule has 0 saturated carbocycles. The number of benzene rings is 1. The molecule has 0 bridgehead atoms. The number of likely N-dealkylation sites (N-methyl/N-ethyl adjacent to an activating group) is 1. The van der Waals surface area contributed by atoms with Crippen LogP contribution in [0.1, 0.15) is 17.0 Å². The number of rotatable bonds is 7. The zero-order valence-electron chi connectivity index (χ0n) is 11.7. The maximum atomic E-state index is 11.2. The van der Waals surface area contributed by atoms with Crippen LogP contribution in [0.25, 0.3) is 0 Å². The molecular weight excluding hydrogens is 244 g/mol. The highest BCUT2D eigenvalue weighted by molar-refractivity contribution is 5.77. The summed E-state index contributed by atoms with van der Waals surface area (Å²) in [5, 5.41) is 9.21. The number of carboxylic acid groups (broad SMARTS) is 1. The van der Waals surface area contributed by atoms with Gasteiger partial charge < -0.3 is 20.5 Å². The van der Waals surface area contributed by atoms with Crippen LogP contribution in [-0.4, -0.2) is 50.3 Å². The van der Waals surface area contributed by atoms with Crippen LogP contribution in [0.15, 0.2) is 18.2 Å². The molecule has 0 fully saturated rings. The highest BCUT2D eigenvalue weighted by Crippen LogP contribution is 2.28. The predicted octanol–water partition coefficient (Wildman–Crippen LogP) is 0.926. The molecule has 0 aromatic heterocycles. The smallest absolute Gasteiger partial charge is 0.312 e. The molecule has 0 spiro atoms. The highest BCUT2D eigenvalue weighted by Gasteiger charge is 2.22. The van der Waals surface area contributed by atoms with Gasteiger partial charge in [0.25, 0.3) is 0 Å². The van der Waals surface area contributed by atoms with Crippen molar-refractivity contribution < 1.29 is 14.6 Å². The Bertz CT molecular complexity index is 433. The Morgan fingerprint density at radius 2 is 2.16 bits per heavy atom. The quantitative estimate of drug-likeness (QED) is 0.767. The third-order valence-electron chi connectivity index (χ3n) is 3.05. The summed E-state index contributed by atoms with van der Waals surface area (Å²) in [6.07, 6.45) is 0.862. The van der Waals surface area contributed by atoms with Gasteiger partial charge in [-0.2, -0.15) is 0 Å². The first-order chi connectivity index (χ1) is 8.99. The van der Waals surface area contributed by atoms with Crippen LogP contribution >= 0.6 is 0 Å². The molecule has 1 atom stereocenters. The lowest BCUT2D eigenvalue weighted by atomic mass is 9.95. The van der Waals surface area contributed by atoms with Gasteiger partial charge in [0.2, 0.25) is 0 Å². The van der Waals surface area contributed by atoms with Gasteiger partial charge in [-0.25, -0.2) is 0 Å². The molecule has 19 heavy (non-hydrogen) atoms. The zero-order valence-corrected chi connectivity index (χ0v) is 11.7. The summed E-state index contributed by atoms with van der Waals surface area (Å²) in [6.45, 7) is 0.967. The van der Waals surface area contributed by atoms with Crippen molar-refractivity contribution in [3.63, 3.8) is 0 Å². The first kappa shape index (κ1) is 15.5. The fourth-order valence-corrected chi connectivity index (χ4v) is 1.93. The Balaban J connectivity index is 3.04. The van der Waals surface area contributed by atoms with E-state index < -0.39 is 11.9 Å². The van der Waals surface area contributed by atoms with Gasteiger partial charge in [-0.05, 0) is 32.1 Å². The van der Waals surface area contributed by atoms with Gasteiger partial charge in [0.15, 0.2) is 0 Å². The topological polar surface area (TPSA) is 75.8 Å². The number of hydrogen-bond donors (Lipinski definition) is 2. The monoisotopic (exact) mass is 266 g/mol. The molecule has 106 valence electrons. The molecule has 0 aliphatic rings. The Hall–Kier alpha value is -1.59. The van der Waals surface area contributed by atoms with Crippen LogP contribution in [0.5, 0.6) is 5.75 Å². The molecule has 1 aromatic carbocycles. The van der Waals surface area contributed by atoms with Crippen molar-refractivity contribution in [3.05, 3.63) is 29.3 Å². The van der Waals surface area contributed by atoms with E-state index in [1.807, 2.05) is 32.3 Å². The third kappa shape index (κ3) is 4.22. The number of carboxylic acids is 1. The van der Waals surface area contributed by atoms with Crippen LogP contribution in [0.2, 0.25) is 0 Å². The second kappa shape index (κ2) is 7.11. The number of nitrogens with two attached hydrogens (primary N) is 1. The third-order valence-corrected chi connectivity index (χ3v) is 3.05. The van der Waals surface area contributed by atoms with Gasteiger partial charge in [0, 0.05) is 18.7 Å². The lowest BCUT2D eigenvalue weighted by Gasteiger charge is -2.16. The van der Waals surface area contributed by atoms with Crippen molar-refractivity contribution in [2.45, 2.75) is 12.3 Å². The molecule has 0 saturated heterocycles. The Morgan fingerprint density at radius 1 is 1.47 bits per heavy atom. The standard InChI is InChI=1S/C14H22N2O3/c1-16(2)7-6-10-4-5-13(19-3)11(8-10)12(9-15)14(17)18/h4-5,8,12H,6-7,9,15H2,1-3H3,(H,17,18). The van der Waals surface area contributed by atoms with Gasteiger partial charge in [0.05, 0.1) is 13.0 Å². The van der Waals surface area contributed by atoms with Crippen LogP contribution in [0.4, 0.5) is 0 Å². The molecule has 5 heteroatoms. The minimum Gasteiger partial charge on any atom is -0.496 e. The summed E-state index contributed by atoms with van der Waals surface area (Å²) in [7, 11) is 5.54. The summed E-state index contributed by atoms with van der Waals surface area (Å²) < 4.78 is 5.23. The highest BCUT2D eigenvalue weighted by atomic mass is 16.5. The minimum absolute atomic E-state index is 0.0584. The minimum atomic E-state index is -0.925. The average Bonchev–Trinajstić information content (AvgIpc) is 2.37. The summed E-state index contributed by atoms with van der Waals surface area (Å²) in [6, 6.07) is 5.65. The number of hydrogen-bond acceptors (Lipinski definition) is 4. The molecule has 3 N–H and O–H groups in total. The summed E-state index contributed by atoms with van der Waals surface area (Å²) in [4.78, 5) is 13.3. The summed E-state index contributed by atoms with van der Waals surface area (Å²) >= 11 is 0. The van der Waals surface area contributed by atoms with Crippen LogP contribution in [-0.2, 0) is 11.2 Å². The first-order valence-electron chi connectivity index (χ1n) is 6.24. The van der Waals surface area contributed by atoms with Crippen LogP contribution < -0.4 is 10.5 Å². The number of aliphatic carboxylic acids is 1. The van der Waals surface area contributed by atoms with Crippen molar-refractivity contribution >= 4 is 5.97 Å². The van der Waals surface area contributed by atoms with E-state index in [1.54, 1.807) is 0 Å². The molecule has 0 heterocycles. The normalized spacial score (nSPS) is 12.5. The number of methoxy groups -OCH3 is 1. The molecule has 1 unspecified atom stereocenters. The van der Waals surface area contributed by atoms with Gasteiger partial charge >= 0.3 is 5.97 Å². The van der Waals surface area contributed by atoms with E-state index in [9.17, 15) is 9.90 Å². The van der Waals surface area contributed by atoms with Crippen molar-refractivity contribution in [2.75, 3.05) is 34.3 Å². The van der Waals surface area contributed by atoms with Crippen LogP contribution in [0.3, 0.4) is 0 Å². The van der Waals surface area contributed by atoms with Gasteiger partial charge in [0.1, 0.15) is 5.75 Å². The van der Waals surface area contributed by atoms with Crippen LogP contribution in [0, 0.1) is 0 Å². The van der Waals surface area contributed by atoms with Gasteiger partial charge in [-0.1, -0.05) is 12.1 Å². The summed E-state index contributed by atoms with van der Waals surface area (Å²) in [5.74, 6) is -1.08. The van der Waals surface area contributed by atoms with E-state index in [4.69, 9.17) is 10.5 Å². The van der Waals surface area contributed by atoms with E-state index in [0.29, 0.717) is 11.3 Å². The molecule has 0 aliphatic heterocycles. The number of ether oxygens (including phenoxy) is 1. The maximum Gasteiger partial charge on any atom is 0.312 e. The number of carbonyl (C=O) groups is 1. The van der Waals surface area contributed by atoms with Crippen molar-refractivity contribution in [2.24, 2.45) is 5.73 Å². The zero-order chi connectivity index (χ0) is 14.4. The van der Waals surface area contributed by atoms with Gasteiger partial charge in [-0.3, -0.25) is 4.79 Å². The lowest BCUT2D eigenvalue weighted by Crippen LogP contribution is -2.22. The second-order valence-corrected chi connectivity index (χ2v) is 4.76. The van der Waals surface area contributed by atoms with E-state index in [0.717, 1.165) is 18.5 Å². The predicted molar refractivity (Wildman–Crippen MR) is 74.7 cm³/mol. The molecule has 0 aliphatic carbocycles. The average molecular weight is 266 g/mol. The Morgan fingerprint density at radius 3 is 2.63 bits per heavy atom. The fourth-order valence-electron chi connectivity index (χ4n) is 1.93. The molecule has 1 aromatic rings.